The number of anilines is 1. The number of hydrogen-bond acceptors (Lipinski definition) is 2. The van der Waals surface area contributed by atoms with Crippen molar-refractivity contribution in [3.8, 4) is 5.75 Å². The van der Waals surface area contributed by atoms with Crippen molar-refractivity contribution in [3.05, 3.63) is 57.0 Å². The van der Waals surface area contributed by atoms with E-state index in [1.807, 2.05) is 31.2 Å². The van der Waals surface area contributed by atoms with E-state index in [0.717, 1.165) is 22.1 Å². The summed E-state index contributed by atoms with van der Waals surface area (Å²) in [5.41, 5.74) is 2.83. The van der Waals surface area contributed by atoms with E-state index >= 15 is 0 Å². The van der Waals surface area contributed by atoms with Crippen molar-refractivity contribution >= 4 is 39.1 Å². The minimum Gasteiger partial charge on any atom is -0.481 e. The first-order valence-electron chi connectivity index (χ1n) is 7.42. The summed E-state index contributed by atoms with van der Waals surface area (Å²) >= 11 is 9.41. The normalized spacial score (nSPS) is 11.9. The SMILES string of the molecule is CCc1ccc(NC(=O)C(C)Oc2ccc(Cl)cc2C)c(Br)c1. The van der Waals surface area contributed by atoms with Crippen LogP contribution in [-0.4, -0.2) is 12.0 Å². The summed E-state index contributed by atoms with van der Waals surface area (Å²) in [7, 11) is 0. The van der Waals surface area contributed by atoms with Crippen LogP contribution in [0.4, 0.5) is 5.69 Å². The molecule has 2 aromatic carbocycles. The fourth-order valence-corrected chi connectivity index (χ4v) is 2.86. The van der Waals surface area contributed by atoms with Gasteiger partial charge in [0.05, 0.1) is 5.69 Å². The molecule has 3 nitrogen and oxygen atoms in total. The molecule has 0 saturated heterocycles. The van der Waals surface area contributed by atoms with Crippen molar-refractivity contribution in [2.24, 2.45) is 0 Å². The lowest BCUT2D eigenvalue weighted by atomic mass is 10.1. The molecular weight excluding hydrogens is 378 g/mol. The molecule has 0 aromatic heterocycles. The van der Waals surface area contributed by atoms with Crippen molar-refractivity contribution in [2.75, 3.05) is 5.32 Å². The van der Waals surface area contributed by atoms with Gasteiger partial charge in [-0.1, -0.05) is 24.6 Å². The lowest BCUT2D eigenvalue weighted by Crippen LogP contribution is -2.30. The Balaban J connectivity index is 2.05. The summed E-state index contributed by atoms with van der Waals surface area (Å²) in [5, 5.41) is 3.52. The molecular formula is C18H19BrClNO2. The quantitative estimate of drug-likeness (QED) is 0.737. The number of carbonyl (C=O) groups excluding carboxylic acids is 1. The molecule has 0 aliphatic rings. The Bertz CT molecular complexity index is 718. The number of amides is 1. The van der Waals surface area contributed by atoms with Crippen molar-refractivity contribution in [1.29, 1.82) is 0 Å². The lowest BCUT2D eigenvalue weighted by Gasteiger charge is -2.17. The summed E-state index contributed by atoms with van der Waals surface area (Å²) in [6, 6.07) is 11.2. The number of ether oxygens (including phenoxy) is 1. The topological polar surface area (TPSA) is 38.3 Å². The highest BCUT2D eigenvalue weighted by Gasteiger charge is 2.17. The van der Waals surface area contributed by atoms with Crippen LogP contribution in [0.3, 0.4) is 0 Å². The van der Waals surface area contributed by atoms with Gasteiger partial charge in [0.2, 0.25) is 0 Å². The highest BCUT2D eigenvalue weighted by molar-refractivity contribution is 9.10. The molecule has 1 N–H and O–H groups in total. The van der Waals surface area contributed by atoms with Crippen LogP contribution in [0.15, 0.2) is 40.9 Å². The van der Waals surface area contributed by atoms with Crippen molar-refractivity contribution in [3.63, 3.8) is 0 Å². The van der Waals surface area contributed by atoms with E-state index in [-0.39, 0.29) is 5.91 Å². The van der Waals surface area contributed by atoms with E-state index in [4.69, 9.17) is 16.3 Å². The second-order valence-corrected chi connectivity index (χ2v) is 6.62. The zero-order valence-corrected chi connectivity index (χ0v) is 15.7. The molecule has 0 aliphatic heterocycles. The van der Waals surface area contributed by atoms with Gasteiger partial charge in [0.1, 0.15) is 5.75 Å². The van der Waals surface area contributed by atoms with Crippen LogP contribution >= 0.6 is 27.5 Å². The Morgan fingerprint density at radius 1 is 1.30 bits per heavy atom. The van der Waals surface area contributed by atoms with Gasteiger partial charge < -0.3 is 10.1 Å². The fraction of sp³-hybridized carbons (Fsp3) is 0.278. The summed E-state index contributed by atoms with van der Waals surface area (Å²) in [4.78, 5) is 12.3. The zero-order chi connectivity index (χ0) is 17.0. The standard InChI is InChI=1S/C18H19BrClNO2/c1-4-13-5-7-16(15(19)10-13)21-18(22)12(3)23-17-8-6-14(20)9-11(17)2/h5-10,12H,4H2,1-3H3,(H,21,22). The number of rotatable bonds is 5. The maximum Gasteiger partial charge on any atom is 0.265 e. The van der Waals surface area contributed by atoms with E-state index in [2.05, 4.69) is 28.2 Å². The van der Waals surface area contributed by atoms with Gasteiger partial charge in [0.25, 0.3) is 5.91 Å². The number of halogens is 2. The fourth-order valence-electron chi connectivity index (χ4n) is 2.10. The Kier molecular flexibility index (Phi) is 6.08. The average Bonchev–Trinajstić information content (AvgIpc) is 2.51. The first kappa shape index (κ1) is 17.8. The smallest absolute Gasteiger partial charge is 0.265 e. The molecule has 2 rings (SSSR count). The summed E-state index contributed by atoms with van der Waals surface area (Å²) in [5.74, 6) is 0.446. The maximum absolute atomic E-state index is 12.3. The molecule has 122 valence electrons. The molecule has 0 fully saturated rings. The molecule has 0 radical (unpaired) electrons. The lowest BCUT2D eigenvalue weighted by molar-refractivity contribution is -0.122. The second-order valence-electron chi connectivity index (χ2n) is 5.33. The Hall–Kier alpha value is -1.52. The van der Waals surface area contributed by atoms with Crippen LogP contribution in [-0.2, 0) is 11.2 Å². The molecule has 0 heterocycles. The van der Waals surface area contributed by atoms with Crippen LogP contribution in [0.2, 0.25) is 5.02 Å². The molecule has 1 amide bonds. The Labute approximate surface area is 150 Å². The third kappa shape index (κ3) is 4.72. The number of nitrogens with one attached hydrogen (secondary N) is 1. The van der Waals surface area contributed by atoms with Crippen LogP contribution in [0.1, 0.15) is 25.0 Å². The third-order valence-electron chi connectivity index (χ3n) is 3.51. The van der Waals surface area contributed by atoms with Crippen molar-refractivity contribution < 1.29 is 9.53 Å². The maximum atomic E-state index is 12.3. The monoisotopic (exact) mass is 395 g/mol. The first-order valence-corrected chi connectivity index (χ1v) is 8.60. The molecule has 5 heteroatoms. The number of benzene rings is 2. The molecule has 0 aliphatic carbocycles. The molecule has 0 spiro atoms. The van der Waals surface area contributed by atoms with Crippen LogP contribution < -0.4 is 10.1 Å². The molecule has 0 bridgehead atoms. The summed E-state index contributed by atoms with van der Waals surface area (Å²) < 4.78 is 6.59. The van der Waals surface area contributed by atoms with Crippen LogP contribution in [0.5, 0.6) is 5.75 Å². The van der Waals surface area contributed by atoms with Gasteiger partial charge in [-0.05, 0) is 77.7 Å². The van der Waals surface area contributed by atoms with Gasteiger partial charge in [-0.2, -0.15) is 0 Å². The molecule has 23 heavy (non-hydrogen) atoms. The van der Waals surface area contributed by atoms with Gasteiger partial charge in [0.15, 0.2) is 6.10 Å². The highest BCUT2D eigenvalue weighted by atomic mass is 79.9. The minimum absolute atomic E-state index is 0.204. The molecule has 0 saturated carbocycles. The largest absolute Gasteiger partial charge is 0.481 e. The molecule has 1 atom stereocenters. The number of aryl methyl sites for hydroxylation is 2. The third-order valence-corrected chi connectivity index (χ3v) is 4.40. The molecule has 1 unspecified atom stereocenters. The summed E-state index contributed by atoms with van der Waals surface area (Å²) in [6.07, 6.45) is 0.329. The van der Waals surface area contributed by atoms with Crippen molar-refractivity contribution in [1.82, 2.24) is 0 Å². The Morgan fingerprint density at radius 3 is 2.65 bits per heavy atom. The first-order chi connectivity index (χ1) is 10.9. The van der Waals surface area contributed by atoms with E-state index in [0.29, 0.717) is 10.8 Å². The van der Waals surface area contributed by atoms with Gasteiger partial charge >= 0.3 is 0 Å². The second kappa shape index (κ2) is 7.84. The molecule has 2 aromatic rings. The predicted octanol–water partition coefficient (Wildman–Crippen LogP) is 5.38. The van der Waals surface area contributed by atoms with E-state index in [9.17, 15) is 4.79 Å². The van der Waals surface area contributed by atoms with Crippen molar-refractivity contribution in [2.45, 2.75) is 33.3 Å². The van der Waals surface area contributed by atoms with E-state index in [1.165, 1.54) is 5.56 Å². The predicted molar refractivity (Wildman–Crippen MR) is 98.4 cm³/mol. The van der Waals surface area contributed by atoms with E-state index < -0.39 is 6.10 Å². The highest BCUT2D eigenvalue weighted by Crippen LogP contribution is 2.25. The Morgan fingerprint density at radius 2 is 2.04 bits per heavy atom. The van der Waals surface area contributed by atoms with Crippen LogP contribution in [0.25, 0.3) is 0 Å². The van der Waals surface area contributed by atoms with Gasteiger partial charge in [-0.25, -0.2) is 0 Å². The average molecular weight is 397 g/mol. The number of hydrogen-bond donors (Lipinski definition) is 1. The van der Waals surface area contributed by atoms with Gasteiger partial charge in [-0.15, -0.1) is 0 Å². The minimum atomic E-state index is -0.618. The van der Waals surface area contributed by atoms with Gasteiger partial charge in [-0.3, -0.25) is 4.79 Å². The van der Waals surface area contributed by atoms with Crippen LogP contribution in [0, 0.1) is 6.92 Å². The van der Waals surface area contributed by atoms with E-state index in [1.54, 1.807) is 19.1 Å². The zero-order valence-electron chi connectivity index (χ0n) is 13.3. The number of carbonyl (C=O) groups is 1. The summed E-state index contributed by atoms with van der Waals surface area (Å²) in [6.45, 7) is 5.70. The van der Waals surface area contributed by atoms with Gasteiger partial charge in [0, 0.05) is 9.50 Å².